The maximum Gasteiger partial charge on any atom is 0.0435 e. The Kier molecular flexibility index (Phi) is 5.81. The molecule has 2 N–H and O–H groups in total. The van der Waals surface area contributed by atoms with Gasteiger partial charge >= 0.3 is 0 Å². The number of rotatable bonds is 6. The lowest BCUT2D eigenvalue weighted by Crippen LogP contribution is -2.21. The molecule has 90 valence electrons. The van der Waals surface area contributed by atoms with Crippen LogP contribution in [0.25, 0.3) is 0 Å². The zero-order valence-corrected chi connectivity index (χ0v) is 10.7. The highest BCUT2D eigenvalue weighted by atomic mass is 35.5. The first kappa shape index (κ1) is 13.5. The molecule has 0 unspecified atom stereocenters. The van der Waals surface area contributed by atoms with E-state index in [9.17, 15) is 0 Å². The summed E-state index contributed by atoms with van der Waals surface area (Å²) in [7, 11) is 0. The Morgan fingerprint density at radius 2 is 2.19 bits per heavy atom. The fourth-order valence-corrected chi connectivity index (χ4v) is 1.72. The summed E-state index contributed by atoms with van der Waals surface area (Å²) in [5.74, 6) is 0.512. The number of hydrogen-bond donors (Lipinski definition) is 2. The summed E-state index contributed by atoms with van der Waals surface area (Å²) in [6, 6.07) is 6.08. The average molecular weight is 242 g/mol. The molecule has 1 atom stereocenters. The minimum atomic E-state index is 0.267. The van der Waals surface area contributed by atoms with Crippen molar-refractivity contribution in [3.05, 3.63) is 34.3 Å². The number of hydrogen-bond acceptors (Lipinski definition) is 2. The van der Waals surface area contributed by atoms with Crippen LogP contribution in [0.3, 0.4) is 0 Å². The molecule has 16 heavy (non-hydrogen) atoms. The molecule has 1 rings (SSSR count). The van der Waals surface area contributed by atoms with E-state index in [-0.39, 0.29) is 6.61 Å². The molecule has 3 heteroatoms. The molecule has 0 aliphatic carbocycles. The second kappa shape index (κ2) is 6.89. The zero-order chi connectivity index (χ0) is 12.0. The minimum absolute atomic E-state index is 0.267. The van der Waals surface area contributed by atoms with Crippen molar-refractivity contribution in [1.82, 2.24) is 5.32 Å². The van der Waals surface area contributed by atoms with E-state index in [1.54, 1.807) is 0 Å². The third kappa shape index (κ3) is 4.52. The summed E-state index contributed by atoms with van der Waals surface area (Å²) in [6.07, 6.45) is 0.854. The van der Waals surface area contributed by atoms with Crippen LogP contribution in [0, 0.1) is 12.8 Å². The van der Waals surface area contributed by atoms with Gasteiger partial charge in [0.05, 0.1) is 0 Å². The molecule has 0 saturated carbocycles. The van der Waals surface area contributed by atoms with Gasteiger partial charge in [-0.3, -0.25) is 0 Å². The van der Waals surface area contributed by atoms with Gasteiger partial charge in [0.2, 0.25) is 0 Å². The Morgan fingerprint density at radius 1 is 1.44 bits per heavy atom. The van der Waals surface area contributed by atoms with Gasteiger partial charge in [-0.2, -0.15) is 0 Å². The van der Waals surface area contributed by atoms with Crippen LogP contribution < -0.4 is 5.32 Å². The number of aliphatic hydroxyl groups is 1. The summed E-state index contributed by atoms with van der Waals surface area (Å²) in [5.41, 5.74) is 2.36. The van der Waals surface area contributed by atoms with Gasteiger partial charge in [-0.25, -0.2) is 0 Å². The molecule has 0 spiro atoms. The fraction of sp³-hybridized carbons (Fsp3) is 0.538. The predicted molar refractivity (Wildman–Crippen MR) is 68.8 cm³/mol. The maximum absolute atomic E-state index is 8.78. The largest absolute Gasteiger partial charge is 0.396 e. The standard InChI is InChI=1S/C13H20ClNO/c1-10(5-6-16)8-15-9-12-3-4-13(14)11(2)7-12/h3-4,7,10,15-16H,5-6,8-9H2,1-2H3/t10-/m0/s1. The third-order valence-corrected chi connectivity index (χ3v) is 3.09. The van der Waals surface area contributed by atoms with Crippen LogP contribution in [0.5, 0.6) is 0 Å². The monoisotopic (exact) mass is 241 g/mol. The molecular weight excluding hydrogens is 222 g/mol. The van der Waals surface area contributed by atoms with E-state index in [0.717, 1.165) is 30.1 Å². The van der Waals surface area contributed by atoms with Crippen LogP contribution in [-0.2, 0) is 6.54 Å². The average Bonchev–Trinajstić information content (AvgIpc) is 2.24. The lowest BCUT2D eigenvalue weighted by atomic mass is 10.1. The van der Waals surface area contributed by atoms with Crippen molar-refractivity contribution in [2.75, 3.05) is 13.2 Å². The zero-order valence-electron chi connectivity index (χ0n) is 9.96. The molecule has 0 amide bonds. The Labute approximate surface area is 103 Å². The van der Waals surface area contributed by atoms with E-state index in [1.165, 1.54) is 5.56 Å². The van der Waals surface area contributed by atoms with Crippen molar-refractivity contribution in [3.63, 3.8) is 0 Å². The first-order chi connectivity index (χ1) is 7.63. The van der Waals surface area contributed by atoms with E-state index in [2.05, 4.69) is 18.3 Å². The van der Waals surface area contributed by atoms with Crippen LogP contribution >= 0.6 is 11.6 Å². The van der Waals surface area contributed by atoms with E-state index >= 15 is 0 Å². The van der Waals surface area contributed by atoms with Crippen molar-refractivity contribution < 1.29 is 5.11 Å². The SMILES string of the molecule is Cc1cc(CNC[C@@H](C)CCO)ccc1Cl. The summed E-state index contributed by atoms with van der Waals surface area (Å²) in [5, 5.41) is 13.0. The quantitative estimate of drug-likeness (QED) is 0.803. The van der Waals surface area contributed by atoms with Crippen molar-refractivity contribution >= 4 is 11.6 Å². The molecule has 1 aromatic carbocycles. The van der Waals surface area contributed by atoms with Gasteiger partial charge < -0.3 is 10.4 Å². The lowest BCUT2D eigenvalue weighted by Gasteiger charge is -2.11. The molecule has 2 nitrogen and oxygen atoms in total. The second-order valence-corrected chi connectivity index (χ2v) is 4.74. The number of nitrogens with one attached hydrogen (secondary N) is 1. The topological polar surface area (TPSA) is 32.3 Å². The summed E-state index contributed by atoms with van der Waals surface area (Å²) >= 11 is 5.96. The number of halogens is 1. The number of benzene rings is 1. The lowest BCUT2D eigenvalue weighted by molar-refractivity contribution is 0.260. The van der Waals surface area contributed by atoms with Crippen molar-refractivity contribution in [3.8, 4) is 0 Å². The Morgan fingerprint density at radius 3 is 2.81 bits per heavy atom. The highest BCUT2D eigenvalue weighted by Crippen LogP contribution is 2.16. The van der Waals surface area contributed by atoms with Gasteiger partial charge in [0, 0.05) is 18.2 Å². The number of aryl methyl sites for hydroxylation is 1. The first-order valence-corrected chi connectivity index (χ1v) is 6.08. The summed E-state index contributed by atoms with van der Waals surface area (Å²) in [4.78, 5) is 0. The summed E-state index contributed by atoms with van der Waals surface area (Å²) < 4.78 is 0. The molecule has 0 heterocycles. The maximum atomic E-state index is 8.78. The van der Waals surface area contributed by atoms with Gasteiger partial charge in [0.15, 0.2) is 0 Å². The normalized spacial score (nSPS) is 12.8. The number of aliphatic hydroxyl groups excluding tert-OH is 1. The van der Waals surface area contributed by atoms with Crippen molar-refractivity contribution in [1.29, 1.82) is 0 Å². The molecular formula is C13H20ClNO. The Bertz CT molecular complexity index is 328. The molecule has 0 fully saturated rings. The van der Waals surface area contributed by atoms with E-state index in [1.807, 2.05) is 19.1 Å². The first-order valence-electron chi connectivity index (χ1n) is 5.70. The predicted octanol–water partition coefficient (Wildman–Crippen LogP) is 2.76. The van der Waals surface area contributed by atoms with Crippen LogP contribution in [0.1, 0.15) is 24.5 Å². The van der Waals surface area contributed by atoms with Gasteiger partial charge in [0.25, 0.3) is 0 Å². The van der Waals surface area contributed by atoms with Crippen LogP contribution in [0.2, 0.25) is 5.02 Å². The highest BCUT2D eigenvalue weighted by molar-refractivity contribution is 6.31. The van der Waals surface area contributed by atoms with Crippen LogP contribution in [-0.4, -0.2) is 18.3 Å². The Balaban J connectivity index is 2.34. The van der Waals surface area contributed by atoms with Crippen LogP contribution in [0.4, 0.5) is 0 Å². The molecule has 0 aliphatic rings. The molecule has 0 saturated heterocycles. The summed E-state index contributed by atoms with van der Waals surface area (Å²) in [6.45, 7) is 6.20. The van der Waals surface area contributed by atoms with Gasteiger partial charge in [-0.05, 0) is 43.0 Å². The van der Waals surface area contributed by atoms with Gasteiger partial charge in [0.1, 0.15) is 0 Å². The van der Waals surface area contributed by atoms with E-state index < -0.39 is 0 Å². The van der Waals surface area contributed by atoms with E-state index in [4.69, 9.17) is 16.7 Å². The smallest absolute Gasteiger partial charge is 0.0435 e. The molecule has 0 aromatic heterocycles. The molecule has 0 bridgehead atoms. The van der Waals surface area contributed by atoms with Crippen molar-refractivity contribution in [2.24, 2.45) is 5.92 Å². The van der Waals surface area contributed by atoms with Crippen LogP contribution in [0.15, 0.2) is 18.2 Å². The van der Waals surface area contributed by atoms with Crippen molar-refractivity contribution in [2.45, 2.75) is 26.8 Å². The highest BCUT2D eigenvalue weighted by Gasteiger charge is 2.01. The minimum Gasteiger partial charge on any atom is -0.396 e. The van der Waals surface area contributed by atoms with Gasteiger partial charge in [-0.1, -0.05) is 30.7 Å². The Hall–Kier alpha value is -0.570. The fourth-order valence-electron chi connectivity index (χ4n) is 1.60. The van der Waals surface area contributed by atoms with E-state index in [0.29, 0.717) is 5.92 Å². The molecule has 1 aromatic rings. The molecule has 0 aliphatic heterocycles. The molecule has 0 radical (unpaired) electrons. The van der Waals surface area contributed by atoms with Gasteiger partial charge in [-0.15, -0.1) is 0 Å². The second-order valence-electron chi connectivity index (χ2n) is 4.33. The third-order valence-electron chi connectivity index (χ3n) is 2.67.